The average Bonchev–Trinajstić information content (AvgIpc) is 3.05. The van der Waals surface area contributed by atoms with Crippen LogP contribution in [0.4, 0.5) is 0 Å². The molecular formula is C17H21N3S. The second kappa shape index (κ2) is 6.41. The Morgan fingerprint density at radius 2 is 2.14 bits per heavy atom. The molecule has 0 radical (unpaired) electrons. The predicted octanol–water partition coefficient (Wildman–Crippen LogP) is 3.95. The maximum Gasteiger partial charge on any atom is 0.0676 e. The normalized spacial score (nSPS) is 11.3. The highest BCUT2D eigenvalue weighted by atomic mass is 32.1. The van der Waals surface area contributed by atoms with Crippen molar-refractivity contribution < 1.29 is 0 Å². The number of hydrogen-bond acceptors (Lipinski definition) is 3. The van der Waals surface area contributed by atoms with Crippen LogP contribution in [0.1, 0.15) is 29.3 Å². The summed E-state index contributed by atoms with van der Waals surface area (Å²) in [5.41, 5.74) is 2.61. The lowest BCUT2D eigenvalue weighted by atomic mass is 10.1. The Bertz CT molecular complexity index is 727. The number of nitrogens with one attached hydrogen (secondary N) is 1. The first kappa shape index (κ1) is 14.3. The summed E-state index contributed by atoms with van der Waals surface area (Å²) in [6, 6.07) is 8.67. The first-order valence-corrected chi connectivity index (χ1v) is 8.28. The van der Waals surface area contributed by atoms with Gasteiger partial charge < -0.3 is 5.32 Å². The maximum atomic E-state index is 4.44. The van der Waals surface area contributed by atoms with Gasteiger partial charge in [0.15, 0.2) is 0 Å². The van der Waals surface area contributed by atoms with Gasteiger partial charge in [0.25, 0.3) is 0 Å². The van der Waals surface area contributed by atoms with E-state index in [2.05, 4.69) is 54.7 Å². The Balaban J connectivity index is 1.94. The molecule has 0 aliphatic carbocycles. The van der Waals surface area contributed by atoms with Gasteiger partial charge in [-0.1, -0.05) is 25.1 Å². The highest BCUT2D eigenvalue weighted by Gasteiger charge is 2.12. The zero-order valence-corrected chi connectivity index (χ0v) is 13.4. The maximum absolute atomic E-state index is 4.44. The molecular weight excluding hydrogens is 278 g/mol. The smallest absolute Gasteiger partial charge is 0.0676 e. The Morgan fingerprint density at radius 1 is 1.29 bits per heavy atom. The molecule has 0 aliphatic heterocycles. The molecule has 0 fully saturated rings. The Morgan fingerprint density at radius 3 is 2.90 bits per heavy atom. The summed E-state index contributed by atoms with van der Waals surface area (Å²) in [6.45, 7) is 7.14. The van der Waals surface area contributed by atoms with Gasteiger partial charge in [0.2, 0.25) is 0 Å². The summed E-state index contributed by atoms with van der Waals surface area (Å²) in [5.74, 6) is 0. The van der Waals surface area contributed by atoms with Gasteiger partial charge >= 0.3 is 0 Å². The van der Waals surface area contributed by atoms with Crippen LogP contribution in [0.2, 0.25) is 0 Å². The second-order valence-electron chi connectivity index (χ2n) is 5.39. The van der Waals surface area contributed by atoms with Crippen molar-refractivity contribution in [1.29, 1.82) is 0 Å². The number of nitrogens with zero attached hydrogens (tertiary/aromatic N) is 2. The summed E-state index contributed by atoms with van der Waals surface area (Å²) in [5, 5.41) is 9.33. The second-order valence-corrected chi connectivity index (χ2v) is 6.53. The summed E-state index contributed by atoms with van der Waals surface area (Å²) in [6.07, 6.45) is 5.19. The van der Waals surface area contributed by atoms with Crippen molar-refractivity contribution in [1.82, 2.24) is 15.1 Å². The summed E-state index contributed by atoms with van der Waals surface area (Å²) >= 11 is 1.90. The first-order valence-electron chi connectivity index (χ1n) is 7.47. The Labute approximate surface area is 129 Å². The van der Waals surface area contributed by atoms with Crippen LogP contribution >= 0.6 is 11.3 Å². The number of rotatable bonds is 6. The highest BCUT2D eigenvalue weighted by Crippen LogP contribution is 2.31. The fourth-order valence-corrected chi connectivity index (χ4v) is 3.74. The van der Waals surface area contributed by atoms with E-state index in [1.54, 1.807) is 0 Å². The summed E-state index contributed by atoms with van der Waals surface area (Å²) in [7, 11) is 0. The predicted molar refractivity (Wildman–Crippen MR) is 89.9 cm³/mol. The molecule has 4 heteroatoms. The molecule has 1 aromatic carbocycles. The topological polar surface area (TPSA) is 29.9 Å². The largest absolute Gasteiger partial charge is 0.312 e. The van der Waals surface area contributed by atoms with E-state index in [1.807, 2.05) is 22.2 Å². The van der Waals surface area contributed by atoms with Crippen LogP contribution in [-0.4, -0.2) is 16.3 Å². The third-order valence-corrected chi connectivity index (χ3v) is 4.79. The minimum Gasteiger partial charge on any atom is -0.312 e. The zero-order chi connectivity index (χ0) is 14.7. The van der Waals surface area contributed by atoms with Gasteiger partial charge in [0.1, 0.15) is 0 Å². The third kappa shape index (κ3) is 3.17. The van der Waals surface area contributed by atoms with Crippen molar-refractivity contribution in [3.63, 3.8) is 0 Å². The molecule has 110 valence electrons. The highest BCUT2D eigenvalue weighted by molar-refractivity contribution is 7.19. The molecule has 21 heavy (non-hydrogen) atoms. The molecule has 0 saturated heterocycles. The van der Waals surface area contributed by atoms with E-state index in [-0.39, 0.29) is 0 Å². The van der Waals surface area contributed by atoms with E-state index in [4.69, 9.17) is 0 Å². The quantitative estimate of drug-likeness (QED) is 0.698. The first-order chi connectivity index (χ1) is 10.3. The standard InChI is InChI=1S/C17H21N3S/c1-3-8-18-10-17-15(12-20-11-13(2)9-19-20)14-6-4-5-7-16(14)21-17/h4-7,9,11,18H,3,8,10,12H2,1-2H3. The van der Waals surface area contributed by atoms with Crippen LogP contribution in [0, 0.1) is 6.92 Å². The van der Waals surface area contributed by atoms with E-state index >= 15 is 0 Å². The number of aryl methyl sites for hydroxylation is 1. The van der Waals surface area contributed by atoms with Crippen LogP contribution in [0.3, 0.4) is 0 Å². The third-order valence-electron chi connectivity index (χ3n) is 3.58. The number of benzene rings is 1. The van der Waals surface area contributed by atoms with Crippen LogP contribution in [0.5, 0.6) is 0 Å². The van der Waals surface area contributed by atoms with Crippen molar-refractivity contribution in [2.45, 2.75) is 33.4 Å². The summed E-state index contributed by atoms with van der Waals surface area (Å²) < 4.78 is 3.40. The van der Waals surface area contributed by atoms with Gasteiger partial charge in [-0.2, -0.15) is 5.10 Å². The fraction of sp³-hybridized carbons (Fsp3) is 0.353. The van der Waals surface area contributed by atoms with Gasteiger partial charge in [-0.25, -0.2) is 0 Å². The van der Waals surface area contributed by atoms with E-state index in [9.17, 15) is 0 Å². The molecule has 2 heterocycles. The molecule has 2 aromatic heterocycles. The molecule has 3 nitrogen and oxygen atoms in total. The molecule has 0 amide bonds. The summed E-state index contributed by atoms with van der Waals surface area (Å²) in [4.78, 5) is 1.43. The van der Waals surface area contributed by atoms with Crippen LogP contribution < -0.4 is 5.32 Å². The molecule has 0 saturated carbocycles. The number of fused-ring (bicyclic) bond motifs is 1. The van der Waals surface area contributed by atoms with Crippen molar-refractivity contribution in [2.24, 2.45) is 0 Å². The van der Waals surface area contributed by atoms with Gasteiger partial charge in [0.05, 0.1) is 12.7 Å². The SMILES string of the molecule is CCCNCc1sc2ccccc2c1Cn1cc(C)cn1. The van der Waals surface area contributed by atoms with Gasteiger partial charge in [-0.15, -0.1) is 11.3 Å². The van der Waals surface area contributed by atoms with E-state index in [1.165, 1.54) is 32.5 Å². The Kier molecular flexibility index (Phi) is 4.36. The van der Waals surface area contributed by atoms with Gasteiger partial charge in [0, 0.05) is 22.3 Å². The van der Waals surface area contributed by atoms with Crippen molar-refractivity contribution >= 4 is 21.4 Å². The monoisotopic (exact) mass is 299 g/mol. The van der Waals surface area contributed by atoms with Crippen molar-refractivity contribution in [2.75, 3.05) is 6.54 Å². The van der Waals surface area contributed by atoms with Crippen LogP contribution in [0.15, 0.2) is 36.7 Å². The van der Waals surface area contributed by atoms with Crippen LogP contribution in [-0.2, 0) is 13.1 Å². The molecule has 0 atom stereocenters. The van der Waals surface area contributed by atoms with E-state index < -0.39 is 0 Å². The Hall–Kier alpha value is -1.65. The molecule has 3 aromatic rings. The lowest BCUT2D eigenvalue weighted by molar-refractivity contribution is 0.659. The minimum atomic E-state index is 0.848. The molecule has 3 rings (SSSR count). The molecule has 1 N–H and O–H groups in total. The van der Waals surface area contributed by atoms with Crippen molar-refractivity contribution in [3.05, 3.63) is 52.7 Å². The lowest BCUT2D eigenvalue weighted by Gasteiger charge is -2.06. The van der Waals surface area contributed by atoms with Gasteiger partial charge in [-0.3, -0.25) is 4.68 Å². The average molecular weight is 299 g/mol. The molecule has 0 unspecified atom stereocenters. The lowest BCUT2D eigenvalue weighted by Crippen LogP contribution is -2.14. The zero-order valence-electron chi connectivity index (χ0n) is 12.6. The number of hydrogen-bond donors (Lipinski definition) is 1. The van der Waals surface area contributed by atoms with Crippen LogP contribution in [0.25, 0.3) is 10.1 Å². The molecule has 0 spiro atoms. The number of thiophene rings is 1. The van der Waals surface area contributed by atoms with E-state index in [0.29, 0.717) is 0 Å². The molecule has 0 bridgehead atoms. The molecule has 0 aliphatic rings. The number of aromatic nitrogens is 2. The van der Waals surface area contributed by atoms with E-state index in [0.717, 1.165) is 19.6 Å². The minimum absolute atomic E-state index is 0.848. The fourth-order valence-electron chi connectivity index (χ4n) is 2.56. The van der Waals surface area contributed by atoms with Gasteiger partial charge in [-0.05, 0) is 42.5 Å². The van der Waals surface area contributed by atoms with Crippen molar-refractivity contribution in [3.8, 4) is 0 Å².